The highest BCUT2D eigenvalue weighted by Crippen LogP contribution is 2.19. The molecular formula is C14H22N2O2S. The highest BCUT2D eigenvalue weighted by molar-refractivity contribution is 7.89. The monoisotopic (exact) mass is 282 g/mol. The van der Waals surface area contributed by atoms with E-state index in [-0.39, 0.29) is 6.04 Å². The fourth-order valence-electron chi connectivity index (χ4n) is 1.75. The lowest BCUT2D eigenvalue weighted by atomic mass is 10.2. The van der Waals surface area contributed by atoms with Gasteiger partial charge < -0.3 is 5.32 Å². The average Bonchev–Trinajstić information content (AvgIpc) is 3.20. The van der Waals surface area contributed by atoms with Crippen LogP contribution < -0.4 is 10.0 Å². The summed E-state index contributed by atoms with van der Waals surface area (Å²) in [5, 5.41) is 3.41. The second-order valence-corrected chi connectivity index (χ2v) is 6.94. The van der Waals surface area contributed by atoms with Gasteiger partial charge in [0.2, 0.25) is 10.0 Å². The van der Waals surface area contributed by atoms with Gasteiger partial charge in [-0.1, -0.05) is 19.1 Å². The van der Waals surface area contributed by atoms with Gasteiger partial charge in [0.05, 0.1) is 4.90 Å². The van der Waals surface area contributed by atoms with E-state index in [0.29, 0.717) is 10.9 Å². The third-order valence-electron chi connectivity index (χ3n) is 3.37. The van der Waals surface area contributed by atoms with Gasteiger partial charge in [-0.25, -0.2) is 13.1 Å². The molecule has 4 nitrogen and oxygen atoms in total. The average molecular weight is 282 g/mol. The zero-order valence-corrected chi connectivity index (χ0v) is 12.3. The van der Waals surface area contributed by atoms with E-state index >= 15 is 0 Å². The summed E-state index contributed by atoms with van der Waals surface area (Å²) >= 11 is 0. The highest BCUT2D eigenvalue weighted by atomic mass is 32.2. The Kier molecular flexibility index (Phi) is 4.60. The van der Waals surface area contributed by atoms with Crippen LogP contribution in [0.2, 0.25) is 0 Å². The lowest BCUT2D eigenvalue weighted by molar-refractivity contribution is 0.556. The quantitative estimate of drug-likeness (QED) is 0.804. The first-order valence-corrected chi connectivity index (χ1v) is 8.34. The number of nitrogens with one attached hydrogen (secondary N) is 2. The molecule has 1 aromatic carbocycles. The molecule has 0 aromatic heterocycles. The third-order valence-corrected chi connectivity index (χ3v) is 4.98. The summed E-state index contributed by atoms with van der Waals surface area (Å²) in [4.78, 5) is 0.336. The van der Waals surface area contributed by atoms with Crippen molar-refractivity contribution < 1.29 is 8.42 Å². The molecule has 2 N–H and O–H groups in total. The van der Waals surface area contributed by atoms with Crippen LogP contribution in [0.5, 0.6) is 0 Å². The van der Waals surface area contributed by atoms with Crippen LogP contribution in [-0.2, 0) is 16.6 Å². The molecule has 1 aliphatic carbocycles. The maximum Gasteiger partial charge on any atom is 0.240 e. The molecule has 0 saturated heterocycles. The molecule has 0 spiro atoms. The van der Waals surface area contributed by atoms with Gasteiger partial charge in [0.15, 0.2) is 0 Å². The lowest BCUT2D eigenvalue weighted by Gasteiger charge is -2.12. The highest BCUT2D eigenvalue weighted by Gasteiger charge is 2.20. The molecule has 1 aliphatic rings. The van der Waals surface area contributed by atoms with Crippen molar-refractivity contribution in [3.63, 3.8) is 0 Å². The Morgan fingerprint density at radius 2 is 1.89 bits per heavy atom. The van der Waals surface area contributed by atoms with E-state index in [4.69, 9.17) is 0 Å². The van der Waals surface area contributed by atoms with Crippen molar-refractivity contribution in [2.75, 3.05) is 0 Å². The zero-order chi connectivity index (χ0) is 13.9. The van der Waals surface area contributed by atoms with Crippen molar-refractivity contribution in [3.8, 4) is 0 Å². The fourth-order valence-corrected chi connectivity index (χ4v) is 3.08. The predicted molar refractivity (Wildman–Crippen MR) is 76.4 cm³/mol. The van der Waals surface area contributed by atoms with Crippen LogP contribution in [0, 0.1) is 0 Å². The molecule has 1 unspecified atom stereocenters. The van der Waals surface area contributed by atoms with Gasteiger partial charge in [-0.15, -0.1) is 0 Å². The van der Waals surface area contributed by atoms with Gasteiger partial charge in [-0.05, 0) is 43.9 Å². The summed E-state index contributed by atoms with van der Waals surface area (Å²) in [5.74, 6) is 0. The van der Waals surface area contributed by atoms with Gasteiger partial charge in [0, 0.05) is 18.6 Å². The predicted octanol–water partition coefficient (Wildman–Crippen LogP) is 2.02. The SMILES string of the molecule is CCC(C)NS(=O)(=O)c1ccc(CNC2CC2)cc1. The molecule has 0 amide bonds. The minimum atomic E-state index is -3.38. The molecule has 19 heavy (non-hydrogen) atoms. The van der Waals surface area contributed by atoms with E-state index in [2.05, 4.69) is 10.0 Å². The molecule has 5 heteroatoms. The normalized spacial score (nSPS) is 17.4. The summed E-state index contributed by atoms with van der Waals surface area (Å²) in [6, 6.07) is 7.72. The standard InChI is InChI=1S/C14H22N2O2S/c1-3-11(2)16-19(17,18)14-8-4-12(5-9-14)10-15-13-6-7-13/h4-5,8-9,11,13,15-16H,3,6-7,10H2,1-2H3. The van der Waals surface area contributed by atoms with E-state index in [1.54, 1.807) is 12.1 Å². The van der Waals surface area contributed by atoms with Crippen LogP contribution in [-0.4, -0.2) is 20.5 Å². The Labute approximate surface area is 115 Å². The molecule has 0 radical (unpaired) electrons. The summed E-state index contributed by atoms with van der Waals surface area (Å²) in [6.07, 6.45) is 3.29. The number of hydrogen-bond donors (Lipinski definition) is 2. The molecular weight excluding hydrogens is 260 g/mol. The number of hydrogen-bond acceptors (Lipinski definition) is 3. The van der Waals surface area contributed by atoms with Gasteiger partial charge in [0.25, 0.3) is 0 Å². The molecule has 1 atom stereocenters. The molecule has 106 valence electrons. The van der Waals surface area contributed by atoms with Crippen LogP contribution in [0.25, 0.3) is 0 Å². The van der Waals surface area contributed by atoms with Crippen molar-refractivity contribution >= 4 is 10.0 Å². The molecule has 1 fully saturated rings. The second-order valence-electron chi connectivity index (χ2n) is 5.23. The number of rotatable bonds is 7. The van der Waals surface area contributed by atoms with E-state index < -0.39 is 10.0 Å². The van der Waals surface area contributed by atoms with Crippen LogP contribution in [0.4, 0.5) is 0 Å². The summed E-state index contributed by atoms with van der Waals surface area (Å²) in [7, 11) is -3.38. The molecule has 0 bridgehead atoms. The maximum absolute atomic E-state index is 12.1. The Morgan fingerprint density at radius 3 is 2.42 bits per heavy atom. The zero-order valence-electron chi connectivity index (χ0n) is 11.5. The number of sulfonamides is 1. The largest absolute Gasteiger partial charge is 0.310 e. The van der Waals surface area contributed by atoms with Crippen molar-refractivity contribution in [2.45, 2.75) is 56.6 Å². The van der Waals surface area contributed by atoms with Crippen molar-refractivity contribution in [3.05, 3.63) is 29.8 Å². The van der Waals surface area contributed by atoms with E-state index in [9.17, 15) is 8.42 Å². The Hall–Kier alpha value is -0.910. The Balaban J connectivity index is 1.99. The van der Waals surface area contributed by atoms with Gasteiger partial charge in [0.1, 0.15) is 0 Å². The first-order valence-electron chi connectivity index (χ1n) is 6.86. The summed E-state index contributed by atoms with van der Waals surface area (Å²) in [5.41, 5.74) is 1.12. The molecule has 0 aliphatic heterocycles. The first kappa shape index (κ1) is 14.5. The second kappa shape index (κ2) is 6.03. The van der Waals surface area contributed by atoms with Crippen molar-refractivity contribution in [1.82, 2.24) is 10.0 Å². The molecule has 1 aromatic rings. The van der Waals surface area contributed by atoms with Gasteiger partial charge in [-0.2, -0.15) is 0 Å². The fraction of sp³-hybridized carbons (Fsp3) is 0.571. The van der Waals surface area contributed by atoms with E-state index in [1.807, 2.05) is 26.0 Å². The van der Waals surface area contributed by atoms with Crippen LogP contribution >= 0.6 is 0 Å². The molecule has 1 saturated carbocycles. The lowest BCUT2D eigenvalue weighted by Crippen LogP contribution is -2.32. The van der Waals surface area contributed by atoms with Crippen LogP contribution in [0.1, 0.15) is 38.7 Å². The topological polar surface area (TPSA) is 58.2 Å². The Bertz CT molecular complexity index is 507. The summed E-state index contributed by atoms with van der Waals surface area (Å²) in [6.45, 7) is 4.63. The molecule has 0 heterocycles. The van der Waals surface area contributed by atoms with Crippen molar-refractivity contribution in [2.24, 2.45) is 0 Å². The van der Waals surface area contributed by atoms with E-state index in [1.165, 1.54) is 12.8 Å². The number of benzene rings is 1. The van der Waals surface area contributed by atoms with Gasteiger partial charge in [-0.3, -0.25) is 0 Å². The van der Waals surface area contributed by atoms with Crippen LogP contribution in [0.3, 0.4) is 0 Å². The third kappa shape index (κ3) is 4.30. The molecule has 2 rings (SSSR count). The first-order chi connectivity index (χ1) is 9.01. The van der Waals surface area contributed by atoms with Crippen molar-refractivity contribution in [1.29, 1.82) is 0 Å². The summed E-state index contributed by atoms with van der Waals surface area (Å²) < 4.78 is 26.8. The Morgan fingerprint density at radius 1 is 1.26 bits per heavy atom. The van der Waals surface area contributed by atoms with Crippen LogP contribution in [0.15, 0.2) is 29.2 Å². The minimum absolute atomic E-state index is 0.0405. The van der Waals surface area contributed by atoms with Gasteiger partial charge >= 0.3 is 0 Å². The minimum Gasteiger partial charge on any atom is -0.310 e. The maximum atomic E-state index is 12.1. The van der Waals surface area contributed by atoms with E-state index in [0.717, 1.165) is 18.5 Å². The smallest absolute Gasteiger partial charge is 0.240 e.